The summed E-state index contributed by atoms with van der Waals surface area (Å²) in [6.07, 6.45) is 2.25. The van der Waals surface area contributed by atoms with Crippen LogP contribution in [0.25, 0.3) is 0 Å². The third-order valence-electron chi connectivity index (χ3n) is 2.37. The number of ether oxygens (including phenoxy) is 1. The fourth-order valence-electron chi connectivity index (χ4n) is 1.44. The first-order valence-electron chi connectivity index (χ1n) is 5.52. The molecule has 0 aliphatic rings. The SMILES string of the molecule is CCc1cccc(Oc2nccc(C(=O)O)n2)c1. The molecule has 1 N–H and O–H groups in total. The summed E-state index contributed by atoms with van der Waals surface area (Å²) in [7, 11) is 0. The van der Waals surface area contributed by atoms with Gasteiger partial charge in [0.25, 0.3) is 0 Å². The van der Waals surface area contributed by atoms with E-state index in [1.54, 1.807) is 6.07 Å². The quantitative estimate of drug-likeness (QED) is 0.894. The molecule has 2 rings (SSSR count). The van der Waals surface area contributed by atoms with Crippen LogP contribution in [0.4, 0.5) is 0 Å². The first kappa shape index (κ1) is 12.0. The smallest absolute Gasteiger partial charge is 0.354 e. The Morgan fingerprint density at radius 3 is 2.94 bits per heavy atom. The molecular formula is C13H12N2O3. The van der Waals surface area contributed by atoms with Crippen molar-refractivity contribution >= 4 is 5.97 Å². The van der Waals surface area contributed by atoms with Gasteiger partial charge in [-0.2, -0.15) is 4.98 Å². The summed E-state index contributed by atoms with van der Waals surface area (Å²) in [4.78, 5) is 18.4. The van der Waals surface area contributed by atoms with E-state index in [0.717, 1.165) is 12.0 Å². The number of nitrogens with zero attached hydrogens (tertiary/aromatic N) is 2. The van der Waals surface area contributed by atoms with E-state index < -0.39 is 5.97 Å². The summed E-state index contributed by atoms with van der Waals surface area (Å²) in [5, 5.41) is 8.81. The van der Waals surface area contributed by atoms with Crippen LogP contribution in [-0.2, 0) is 6.42 Å². The highest BCUT2D eigenvalue weighted by Crippen LogP contribution is 2.19. The van der Waals surface area contributed by atoms with Crippen LogP contribution in [0.1, 0.15) is 23.0 Å². The zero-order valence-corrected chi connectivity index (χ0v) is 9.83. The van der Waals surface area contributed by atoms with E-state index >= 15 is 0 Å². The minimum atomic E-state index is -1.11. The van der Waals surface area contributed by atoms with Crippen LogP contribution in [0.15, 0.2) is 36.5 Å². The van der Waals surface area contributed by atoms with Crippen molar-refractivity contribution in [3.8, 4) is 11.8 Å². The molecule has 0 bridgehead atoms. The Morgan fingerprint density at radius 2 is 2.22 bits per heavy atom. The molecule has 0 spiro atoms. The number of hydrogen-bond acceptors (Lipinski definition) is 4. The minimum absolute atomic E-state index is 0.0307. The van der Waals surface area contributed by atoms with E-state index in [4.69, 9.17) is 9.84 Å². The van der Waals surface area contributed by atoms with E-state index in [-0.39, 0.29) is 11.7 Å². The van der Waals surface area contributed by atoms with Crippen molar-refractivity contribution in [2.75, 3.05) is 0 Å². The molecular weight excluding hydrogens is 232 g/mol. The predicted octanol–water partition coefficient (Wildman–Crippen LogP) is 2.53. The van der Waals surface area contributed by atoms with Crippen molar-refractivity contribution in [3.63, 3.8) is 0 Å². The molecule has 1 aromatic heterocycles. The van der Waals surface area contributed by atoms with E-state index in [9.17, 15) is 4.79 Å². The fraction of sp³-hybridized carbons (Fsp3) is 0.154. The fourth-order valence-corrected chi connectivity index (χ4v) is 1.44. The molecule has 0 aliphatic carbocycles. The monoisotopic (exact) mass is 244 g/mol. The molecule has 5 heteroatoms. The van der Waals surface area contributed by atoms with Gasteiger partial charge in [-0.3, -0.25) is 0 Å². The average Bonchev–Trinajstić information content (AvgIpc) is 2.39. The Hall–Kier alpha value is -2.43. The number of hydrogen-bond donors (Lipinski definition) is 1. The van der Waals surface area contributed by atoms with Crippen LogP contribution < -0.4 is 4.74 Å². The zero-order chi connectivity index (χ0) is 13.0. The molecule has 0 atom stereocenters. The first-order chi connectivity index (χ1) is 8.69. The third-order valence-corrected chi connectivity index (χ3v) is 2.37. The minimum Gasteiger partial charge on any atom is -0.477 e. The van der Waals surface area contributed by atoms with Gasteiger partial charge in [0.05, 0.1) is 0 Å². The van der Waals surface area contributed by atoms with Crippen molar-refractivity contribution in [1.82, 2.24) is 9.97 Å². The van der Waals surface area contributed by atoms with Crippen molar-refractivity contribution in [2.45, 2.75) is 13.3 Å². The second kappa shape index (κ2) is 5.27. The number of carboxylic acid groups (broad SMARTS) is 1. The Kier molecular flexibility index (Phi) is 3.52. The molecule has 18 heavy (non-hydrogen) atoms. The van der Waals surface area contributed by atoms with Gasteiger partial charge in [-0.25, -0.2) is 9.78 Å². The van der Waals surface area contributed by atoms with Crippen LogP contribution in [0.2, 0.25) is 0 Å². The van der Waals surface area contributed by atoms with E-state index in [1.807, 2.05) is 25.1 Å². The van der Waals surface area contributed by atoms with Gasteiger partial charge in [0.15, 0.2) is 5.69 Å². The molecule has 1 aromatic carbocycles. The van der Waals surface area contributed by atoms with Gasteiger partial charge < -0.3 is 9.84 Å². The summed E-state index contributed by atoms with van der Waals surface area (Å²) in [5.41, 5.74) is 1.04. The van der Waals surface area contributed by atoms with Gasteiger partial charge in [0.1, 0.15) is 5.75 Å². The van der Waals surface area contributed by atoms with E-state index in [2.05, 4.69) is 9.97 Å². The molecule has 2 aromatic rings. The van der Waals surface area contributed by atoms with Crippen molar-refractivity contribution in [2.24, 2.45) is 0 Å². The lowest BCUT2D eigenvalue weighted by atomic mass is 10.2. The van der Waals surface area contributed by atoms with Crippen molar-refractivity contribution in [3.05, 3.63) is 47.8 Å². The van der Waals surface area contributed by atoms with Gasteiger partial charge in [-0.1, -0.05) is 19.1 Å². The van der Waals surface area contributed by atoms with Crippen LogP contribution in [0.5, 0.6) is 11.8 Å². The van der Waals surface area contributed by atoms with Gasteiger partial charge in [0.2, 0.25) is 0 Å². The van der Waals surface area contributed by atoms with E-state index in [1.165, 1.54) is 12.3 Å². The van der Waals surface area contributed by atoms with Gasteiger partial charge in [-0.15, -0.1) is 0 Å². The molecule has 0 saturated carbocycles. The molecule has 0 amide bonds. The molecule has 5 nitrogen and oxygen atoms in total. The second-order valence-electron chi connectivity index (χ2n) is 3.63. The van der Waals surface area contributed by atoms with E-state index in [0.29, 0.717) is 5.75 Å². The number of aromatic carboxylic acids is 1. The summed E-state index contributed by atoms with van der Waals surface area (Å²) in [6.45, 7) is 2.04. The highest BCUT2D eigenvalue weighted by atomic mass is 16.5. The van der Waals surface area contributed by atoms with Crippen LogP contribution in [-0.4, -0.2) is 21.0 Å². The normalized spacial score (nSPS) is 10.1. The summed E-state index contributed by atoms with van der Waals surface area (Å²) in [6, 6.07) is 8.85. The molecule has 0 saturated heterocycles. The maximum Gasteiger partial charge on any atom is 0.354 e. The number of carboxylic acids is 1. The summed E-state index contributed by atoms with van der Waals surface area (Å²) < 4.78 is 5.43. The maximum absolute atomic E-state index is 10.8. The largest absolute Gasteiger partial charge is 0.477 e. The summed E-state index contributed by atoms with van der Waals surface area (Å²) in [5.74, 6) is -0.513. The Bertz CT molecular complexity index is 570. The Morgan fingerprint density at radius 1 is 1.39 bits per heavy atom. The number of aromatic nitrogens is 2. The lowest BCUT2D eigenvalue weighted by molar-refractivity contribution is 0.0689. The Labute approximate surface area is 104 Å². The summed E-state index contributed by atoms with van der Waals surface area (Å²) >= 11 is 0. The van der Waals surface area contributed by atoms with Crippen LogP contribution in [0.3, 0.4) is 0 Å². The molecule has 1 heterocycles. The van der Waals surface area contributed by atoms with Crippen LogP contribution in [0, 0.1) is 0 Å². The molecule has 0 aliphatic heterocycles. The maximum atomic E-state index is 10.8. The molecule has 0 radical (unpaired) electrons. The van der Waals surface area contributed by atoms with Gasteiger partial charge >= 0.3 is 12.0 Å². The number of benzene rings is 1. The standard InChI is InChI=1S/C13H12N2O3/c1-2-9-4-3-5-10(8-9)18-13-14-7-6-11(15-13)12(16)17/h3-8H,2H2,1H3,(H,16,17). The highest BCUT2D eigenvalue weighted by Gasteiger charge is 2.07. The number of rotatable bonds is 4. The number of aryl methyl sites for hydroxylation is 1. The number of carbonyl (C=O) groups is 1. The van der Waals surface area contributed by atoms with Crippen molar-refractivity contribution < 1.29 is 14.6 Å². The predicted molar refractivity (Wildman–Crippen MR) is 64.9 cm³/mol. The molecule has 0 fully saturated rings. The van der Waals surface area contributed by atoms with Gasteiger partial charge in [-0.05, 0) is 30.2 Å². The topological polar surface area (TPSA) is 72.3 Å². The lowest BCUT2D eigenvalue weighted by Crippen LogP contribution is -2.02. The Balaban J connectivity index is 2.22. The highest BCUT2D eigenvalue weighted by molar-refractivity contribution is 5.85. The molecule has 0 unspecified atom stereocenters. The van der Waals surface area contributed by atoms with Crippen LogP contribution >= 0.6 is 0 Å². The van der Waals surface area contributed by atoms with Gasteiger partial charge in [0, 0.05) is 6.20 Å². The first-order valence-corrected chi connectivity index (χ1v) is 5.52. The van der Waals surface area contributed by atoms with Crippen molar-refractivity contribution in [1.29, 1.82) is 0 Å². The lowest BCUT2D eigenvalue weighted by Gasteiger charge is -2.05. The second-order valence-corrected chi connectivity index (χ2v) is 3.63. The average molecular weight is 244 g/mol. The third kappa shape index (κ3) is 2.82. The zero-order valence-electron chi connectivity index (χ0n) is 9.83. The molecule has 92 valence electrons.